The number of aromatic nitrogens is 2. The highest BCUT2D eigenvalue weighted by Gasteiger charge is 2.20. The zero-order valence-electron chi connectivity index (χ0n) is 11.2. The lowest BCUT2D eigenvalue weighted by Crippen LogP contribution is -1.92. The molecule has 3 aromatic rings. The van der Waals surface area contributed by atoms with E-state index in [0.29, 0.717) is 22.0 Å². The smallest absolute Gasteiger partial charge is 0.230 e. The van der Waals surface area contributed by atoms with Crippen molar-refractivity contribution in [3.8, 4) is 28.1 Å². The molecule has 0 atom stereocenters. The van der Waals surface area contributed by atoms with Crippen molar-refractivity contribution in [2.24, 2.45) is 0 Å². The number of nitrogen functional groups attached to an aromatic ring is 1. The second-order valence-corrected chi connectivity index (χ2v) is 4.79. The van der Waals surface area contributed by atoms with Crippen LogP contribution in [0.5, 0.6) is 5.75 Å². The molecule has 6 heteroatoms. The Hall–Kier alpha value is -2.53. The molecule has 0 saturated carbocycles. The molecule has 3 rings (SSSR count). The van der Waals surface area contributed by atoms with E-state index in [-0.39, 0.29) is 5.88 Å². The summed E-state index contributed by atoms with van der Waals surface area (Å²) in [5, 5.41) is 4.70. The number of anilines is 1. The molecule has 5 nitrogen and oxygen atoms in total. The van der Waals surface area contributed by atoms with E-state index < -0.39 is 0 Å². The Labute approximate surface area is 126 Å². The summed E-state index contributed by atoms with van der Waals surface area (Å²) in [4.78, 5) is 4.03. The van der Waals surface area contributed by atoms with E-state index in [1.165, 1.54) is 0 Å². The number of ether oxygens (including phenoxy) is 1. The van der Waals surface area contributed by atoms with Crippen LogP contribution in [0.1, 0.15) is 0 Å². The Balaban J connectivity index is 2.19. The lowest BCUT2D eigenvalue weighted by molar-refractivity contribution is 0.412. The molecule has 106 valence electrons. The van der Waals surface area contributed by atoms with Crippen molar-refractivity contribution in [1.82, 2.24) is 10.1 Å². The predicted molar refractivity (Wildman–Crippen MR) is 81.1 cm³/mol. The Morgan fingerprint density at radius 3 is 2.67 bits per heavy atom. The quantitative estimate of drug-likeness (QED) is 0.799. The van der Waals surface area contributed by atoms with Gasteiger partial charge in [0.15, 0.2) is 0 Å². The van der Waals surface area contributed by atoms with Gasteiger partial charge in [0.2, 0.25) is 5.88 Å². The van der Waals surface area contributed by atoms with Gasteiger partial charge in [0, 0.05) is 16.8 Å². The normalized spacial score (nSPS) is 10.6. The van der Waals surface area contributed by atoms with Gasteiger partial charge in [-0.2, -0.15) is 0 Å². The molecule has 2 N–H and O–H groups in total. The summed E-state index contributed by atoms with van der Waals surface area (Å²) in [5.41, 5.74) is 8.86. The van der Waals surface area contributed by atoms with Crippen LogP contribution < -0.4 is 10.5 Å². The van der Waals surface area contributed by atoms with Gasteiger partial charge in [-0.3, -0.25) is 4.98 Å². The van der Waals surface area contributed by atoms with Gasteiger partial charge in [0.05, 0.1) is 18.9 Å². The fourth-order valence-corrected chi connectivity index (χ4v) is 2.25. The monoisotopic (exact) mass is 301 g/mol. The average molecular weight is 302 g/mol. The van der Waals surface area contributed by atoms with E-state index in [0.717, 1.165) is 11.1 Å². The minimum Gasteiger partial charge on any atom is -0.494 e. The van der Waals surface area contributed by atoms with Crippen LogP contribution in [0, 0.1) is 0 Å². The number of pyridine rings is 1. The largest absolute Gasteiger partial charge is 0.494 e. The average Bonchev–Trinajstić information content (AvgIpc) is 2.90. The highest BCUT2D eigenvalue weighted by molar-refractivity contribution is 6.30. The highest BCUT2D eigenvalue weighted by atomic mass is 35.5. The van der Waals surface area contributed by atoms with Crippen molar-refractivity contribution in [1.29, 1.82) is 0 Å². The number of hydrogen-bond acceptors (Lipinski definition) is 5. The van der Waals surface area contributed by atoms with E-state index in [9.17, 15) is 0 Å². The number of nitrogens with zero attached hydrogens (tertiary/aromatic N) is 2. The van der Waals surface area contributed by atoms with Crippen LogP contribution in [-0.2, 0) is 0 Å². The minimum absolute atomic E-state index is 0.242. The number of methoxy groups -OCH3 is 1. The summed E-state index contributed by atoms with van der Waals surface area (Å²) in [6.07, 6.45) is 3.28. The van der Waals surface area contributed by atoms with Gasteiger partial charge in [0.25, 0.3) is 0 Å². The maximum atomic E-state index is 5.92. The molecular weight excluding hydrogens is 290 g/mol. The summed E-state index contributed by atoms with van der Waals surface area (Å²) < 4.78 is 10.5. The van der Waals surface area contributed by atoms with Gasteiger partial charge >= 0.3 is 0 Å². The first-order chi connectivity index (χ1) is 10.2. The van der Waals surface area contributed by atoms with Crippen LogP contribution in [0.3, 0.4) is 0 Å². The van der Waals surface area contributed by atoms with Crippen molar-refractivity contribution in [2.45, 2.75) is 0 Å². The maximum absolute atomic E-state index is 5.92. The third-order valence-electron chi connectivity index (χ3n) is 3.11. The van der Waals surface area contributed by atoms with E-state index in [4.69, 9.17) is 26.6 Å². The second kappa shape index (κ2) is 5.46. The summed E-state index contributed by atoms with van der Waals surface area (Å²) >= 11 is 5.92. The third-order valence-corrected chi connectivity index (χ3v) is 3.36. The molecule has 2 heterocycles. The fraction of sp³-hybridized carbons (Fsp3) is 0.0667. The van der Waals surface area contributed by atoms with Crippen LogP contribution in [0.15, 0.2) is 47.2 Å². The number of hydrogen-bond donors (Lipinski definition) is 1. The number of nitrogens with two attached hydrogens (primary N) is 1. The predicted octanol–water partition coefficient (Wildman–Crippen LogP) is 3.65. The lowest BCUT2D eigenvalue weighted by atomic mass is 10.0. The molecule has 1 aromatic carbocycles. The van der Waals surface area contributed by atoms with Gasteiger partial charge in [0.1, 0.15) is 11.4 Å². The van der Waals surface area contributed by atoms with Gasteiger partial charge in [-0.15, -0.1) is 0 Å². The zero-order valence-corrected chi connectivity index (χ0v) is 12.0. The molecule has 0 saturated heterocycles. The van der Waals surface area contributed by atoms with Crippen molar-refractivity contribution in [3.05, 3.63) is 47.7 Å². The Morgan fingerprint density at radius 1 is 1.19 bits per heavy atom. The molecular formula is C15H12ClN3O2. The molecule has 21 heavy (non-hydrogen) atoms. The third kappa shape index (κ3) is 2.43. The Morgan fingerprint density at radius 2 is 1.95 bits per heavy atom. The van der Waals surface area contributed by atoms with E-state index in [1.54, 1.807) is 37.7 Å². The molecule has 0 amide bonds. The minimum atomic E-state index is 0.242. The summed E-state index contributed by atoms with van der Waals surface area (Å²) in [6, 6.07) is 9.11. The Kier molecular flexibility index (Phi) is 3.50. The first kappa shape index (κ1) is 13.5. The van der Waals surface area contributed by atoms with Gasteiger partial charge < -0.3 is 15.0 Å². The summed E-state index contributed by atoms with van der Waals surface area (Å²) in [7, 11) is 1.58. The first-order valence-electron chi connectivity index (χ1n) is 6.20. The summed E-state index contributed by atoms with van der Waals surface area (Å²) in [5.74, 6) is 0.840. The molecule has 0 spiro atoms. The molecule has 0 aliphatic carbocycles. The molecule has 0 fully saturated rings. The molecule has 2 aromatic heterocycles. The second-order valence-electron chi connectivity index (χ2n) is 4.35. The Bertz CT molecular complexity index is 769. The first-order valence-corrected chi connectivity index (χ1v) is 6.58. The van der Waals surface area contributed by atoms with Gasteiger partial charge in [-0.25, -0.2) is 0 Å². The van der Waals surface area contributed by atoms with Crippen molar-refractivity contribution in [3.63, 3.8) is 0 Å². The van der Waals surface area contributed by atoms with E-state index >= 15 is 0 Å². The highest BCUT2D eigenvalue weighted by Crippen LogP contribution is 2.39. The summed E-state index contributed by atoms with van der Waals surface area (Å²) in [6.45, 7) is 0. The zero-order chi connectivity index (χ0) is 14.8. The number of benzene rings is 1. The van der Waals surface area contributed by atoms with Crippen LogP contribution in [0.4, 0.5) is 5.88 Å². The van der Waals surface area contributed by atoms with Crippen LogP contribution in [0.25, 0.3) is 22.4 Å². The van der Waals surface area contributed by atoms with Crippen molar-refractivity contribution < 1.29 is 9.26 Å². The van der Waals surface area contributed by atoms with Crippen molar-refractivity contribution >= 4 is 17.5 Å². The van der Waals surface area contributed by atoms with Gasteiger partial charge in [-0.1, -0.05) is 28.9 Å². The molecule has 0 bridgehead atoms. The standard InChI is InChI=1S/C15H12ClN3O2/c1-20-12-8-18-7-6-11(12)14-13(15(17)21-19-14)9-2-4-10(16)5-3-9/h2-8H,17H2,1H3. The molecule has 0 aliphatic heterocycles. The van der Waals surface area contributed by atoms with E-state index in [1.807, 2.05) is 12.1 Å². The topological polar surface area (TPSA) is 74.2 Å². The van der Waals surface area contributed by atoms with Crippen molar-refractivity contribution in [2.75, 3.05) is 12.8 Å². The molecule has 0 unspecified atom stereocenters. The fourth-order valence-electron chi connectivity index (χ4n) is 2.12. The molecule has 0 radical (unpaired) electrons. The maximum Gasteiger partial charge on any atom is 0.230 e. The van der Waals surface area contributed by atoms with Gasteiger partial charge in [-0.05, 0) is 23.8 Å². The number of rotatable bonds is 3. The van der Waals surface area contributed by atoms with Crippen LogP contribution in [0.2, 0.25) is 5.02 Å². The van der Waals surface area contributed by atoms with E-state index in [2.05, 4.69) is 10.1 Å². The van der Waals surface area contributed by atoms with Crippen LogP contribution in [-0.4, -0.2) is 17.3 Å². The number of halogens is 1. The molecule has 0 aliphatic rings. The van der Waals surface area contributed by atoms with Crippen LogP contribution >= 0.6 is 11.6 Å². The lowest BCUT2D eigenvalue weighted by Gasteiger charge is -2.07. The SMILES string of the molecule is COc1cnccc1-c1noc(N)c1-c1ccc(Cl)cc1.